The van der Waals surface area contributed by atoms with E-state index in [1.807, 2.05) is 30.3 Å². The predicted octanol–water partition coefficient (Wildman–Crippen LogP) is 4.67. The molecule has 8 heteroatoms. The van der Waals surface area contributed by atoms with Gasteiger partial charge in [-0.3, -0.25) is 10.1 Å². The van der Waals surface area contributed by atoms with Crippen LogP contribution in [0.3, 0.4) is 0 Å². The van der Waals surface area contributed by atoms with Crippen molar-refractivity contribution >= 4 is 34.0 Å². The fourth-order valence-electron chi connectivity index (χ4n) is 2.58. The van der Waals surface area contributed by atoms with Crippen LogP contribution >= 0.6 is 11.3 Å². The molecule has 0 saturated heterocycles. The number of ether oxygens (including phenoxy) is 2. The van der Waals surface area contributed by atoms with E-state index in [-0.39, 0.29) is 5.78 Å². The lowest BCUT2D eigenvalue weighted by molar-refractivity contribution is 0.102. The van der Waals surface area contributed by atoms with Crippen molar-refractivity contribution in [2.24, 2.45) is 0 Å². The van der Waals surface area contributed by atoms with Crippen LogP contribution < -0.4 is 20.1 Å². The zero-order chi connectivity index (χ0) is 20.1. The maximum Gasteiger partial charge on any atom is 0.325 e. The normalized spacial score (nSPS) is 10.2. The Morgan fingerprint density at radius 1 is 0.964 bits per heavy atom. The average Bonchev–Trinajstić information content (AvgIpc) is 3.12. The monoisotopic (exact) mass is 397 g/mol. The number of ketones is 1. The summed E-state index contributed by atoms with van der Waals surface area (Å²) in [6.07, 6.45) is 0. The summed E-state index contributed by atoms with van der Waals surface area (Å²) in [5, 5.41) is 5.72. The lowest BCUT2D eigenvalue weighted by Gasteiger charge is -2.10. The van der Waals surface area contributed by atoms with Gasteiger partial charge >= 0.3 is 6.03 Å². The van der Waals surface area contributed by atoms with E-state index in [4.69, 9.17) is 9.47 Å². The van der Waals surface area contributed by atoms with Crippen molar-refractivity contribution in [2.45, 2.75) is 6.92 Å². The van der Waals surface area contributed by atoms with Crippen molar-refractivity contribution in [3.8, 4) is 22.8 Å². The van der Waals surface area contributed by atoms with Gasteiger partial charge in [-0.2, -0.15) is 0 Å². The topological polar surface area (TPSA) is 89.5 Å². The van der Waals surface area contributed by atoms with Gasteiger partial charge in [-0.15, -0.1) is 0 Å². The van der Waals surface area contributed by atoms with Crippen LogP contribution in [-0.4, -0.2) is 31.0 Å². The van der Waals surface area contributed by atoms with Gasteiger partial charge in [0.2, 0.25) is 0 Å². The summed E-state index contributed by atoms with van der Waals surface area (Å²) in [5.41, 5.74) is 1.90. The second-order valence-corrected chi connectivity index (χ2v) is 6.77. The summed E-state index contributed by atoms with van der Waals surface area (Å²) in [4.78, 5) is 29.2. The molecule has 0 unspecified atom stereocenters. The van der Waals surface area contributed by atoms with Gasteiger partial charge in [0.15, 0.2) is 22.4 Å². The number of methoxy groups -OCH3 is 2. The van der Waals surface area contributed by atoms with Crippen LogP contribution in [0.1, 0.15) is 16.6 Å². The summed E-state index contributed by atoms with van der Waals surface area (Å²) in [5.74, 6) is 0.955. The Labute approximate surface area is 166 Å². The third-order valence-electron chi connectivity index (χ3n) is 3.86. The Hall–Kier alpha value is -3.39. The van der Waals surface area contributed by atoms with Crippen molar-refractivity contribution in [1.82, 2.24) is 4.98 Å². The maximum atomic E-state index is 12.4. The van der Waals surface area contributed by atoms with E-state index in [1.165, 1.54) is 21.1 Å². The van der Waals surface area contributed by atoms with E-state index < -0.39 is 6.03 Å². The zero-order valence-electron chi connectivity index (χ0n) is 15.6. The molecule has 1 heterocycles. The Kier molecular flexibility index (Phi) is 5.90. The van der Waals surface area contributed by atoms with Crippen LogP contribution in [0.5, 0.6) is 11.5 Å². The molecular formula is C20H19N3O4S. The minimum Gasteiger partial charge on any atom is -0.493 e. The molecule has 0 aliphatic rings. The van der Waals surface area contributed by atoms with Crippen LogP contribution in [0.25, 0.3) is 11.3 Å². The lowest BCUT2D eigenvalue weighted by Crippen LogP contribution is -2.19. The summed E-state index contributed by atoms with van der Waals surface area (Å²) in [7, 11) is 3.06. The molecule has 28 heavy (non-hydrogen) atoms. The fraction of sp³-hybridized carbons (Fsp3) is 0.150. The number of amides is 2. The van der Waals surface area contributed by atoms with E-state index in [1.54, 1.807) is 18.2 Å². The molecule has 3 aromatic rings. The molecule has 0 bridgehead atoms. The number of aromatic nitrogens is 1. The molecule has 0 saturated carbocycles. The number of thiazole rings is 1. The number of hydrogen-bond donors (Lipinski definition) is 2. The van der Waals surface area contributed by atoms with Crippen LogP contribution in [-0.2, 0) is 0 Å². The van der Waals surface area contributed by atoms with Crippen molar-refractivity contribution in [1.29, 1.82) is 0 Å². The predicted molar refractivity (Wildman–Crippen MR) is 110 cm³/mol. The van der Waals surface area contributed by atoms with Crippen molar-refractivity contribution in [2.75, 3.05) is 24.9 Å². The molecule has 2 amide bonds. The first-order valence-electron chi connectivity index (χ1n) is 8.39. The zero-order valence-corrected chi connectivity index (χ0v) is 16.4. The standard InChI is InChI=1S/C20H19N3O4S/c1-12(24)18-17(13-7-5-4-6-8-13)22-20(28-18)23-19(25)21-14-9-10-15(26-2)16(11-14)27-3/h4-11H,1-3H3,(H2,21,22,23,25). The number of rotatable bonds is 6. The Morgan fingerprint density at radius 2 is 1.68 bits per heavy atom. The number of hydrogen-bond acceptors (Lipinski definition) is 6. The van der Waals surface area contributed by atoms with E-state index >= 15 is 0 Å². The molecule has 0 atom stereocenters. The number of carbonyl (C=O) groups is 2. The molecule has 2 N–H and O–H groups in total. The number of Topliss-reactive ketones (excluding diaryl/α,β-unsaturated/α-hetero) is 1. The Bertz CT molecular complexity index is 1000. The van der Waals surface area contributed by atoms with Crippen molar-refractivity contribution in [3.63, 3.8) is 0 Å². The molecule has 0 aliphatic heterocycles. The van der Waals surface area contributed by atoms with Gasteiger partial charge in [0.05, 0.1) is 24.8 Å². The molecule has 0 aliphatic carbocycles. The average molecular weight is 397 g/mol. The largest absolute Gasteiger partial charge is 0.493 e. The molecule has 0 fully saturated rings. The number of nitrogens with one attached hydrogen (secondary N) is 2. The lowest BCUT2D eigenvalue weighted by atomic mass is 10.1. The molecule has 144 valence electrons. The first-order valence-corrected chi connectivity index (χ1v) is 9.20. The SMILES string of the molecule is COc1ccc(NC(=O)Nc2nc(-c3ccccc3)c(C(C)=O)s2)cc1OC. The number of carbonyl (C=O) groups excluding carboxylic acids is 2. The summed E-state index contributed by atoms with van der Waals surface area (Å²) in [6, 6.07) is 13.9. The van der Waals surface area contributed by atoms with E-state index in [2.05, 4.69) is 15.6 Å². The first kappa shape index (κ1) is 19.4. The maximum absolute atomic E-state index is 12.4. The highest BCUT2D eigenvalue weighted by Gasteiger charge is 2.18. The van der Waals surface area contributed by atoms with Crippen LogP contribution in [0.2, 0.25) is 0 Å². The minimum atomic E-state index is -0.476. The van der Waals surface area contributed by atoms with Gasteiger partial charge in [0.25, 0.3) is 0 Å². The summed E-state index contributed by atoms with van der Waals surface area (Å²) < 4.78 is 10.4. The highest BCUT2D eigenvalue weighted by atomic mass is 32.1. The molecule has 7 nitrogen and oxygen atoms in total. The summed E-state index contributed by atoms with van der Waals surface area (Å²) >= 11 is 1.14. The van der Waals surface area contributed by atoms with Gasteiger partial charge in [-0.1, -0.05) is 41.7 Å². The molecule has 0 spiro atoms. The third kappa shape index (κ3) is 4.29. The third-order valence-corrected chi connectivity index (χ3v) is 4.93. The van der Waals surface area contributed by atoms with E-state index in [9.17, 15) is 9.59 Å². The Balaban J connectivity index is 1.78. The molecule has 3 rings (SSSR count). The molecule has 1 aromatic heterocycles. The highest BCUT2D eigenvalue weighted by Crippen LogP contribution is 2.32. The van der Waals surface area contributed by atoms with Crippen LogP contribution in [0.4, 0.5) is 15.6 Å². The smallest absolute Gasteiger partial charge is 0.325 e. The van der Waals surface area contributed by atoms with Gasteiger partial charge in [0.1, 0.15) is 0 Å². The quantitative estimate of drug-likeness (QED) is 0.590. The van der Waals surface area contributed by atoms with Gasteiger partial charge < -0.3 is 14.8 Å². The van der Waals surface area contributed by atoms with Gasteiger partial charge in [-0.05, 0) is 12.1 Å². The summed E-state index contributed by atoms with van der Waals surface area (Å²) in [6.45, 7) is 1.48. The van der Waals surface area contributed by atoms with Gasteiger partial charge in [0, 0.05) is 24.2 Å². The molecular weight excluding hydrogens is 378 g/mol. The van der Waals surface area contributed by atoms with Gasteiger partial charge in [-0.25, -0.2) is 9.78 Å². The van der Waals surface area contributed by atoms with Crippen molar-refractivity contribution in [3.05, 3.63) is 53.4 Å². The second-order valence-electron chi connectivity index (χ2n) is 5.77. The second kappa shape index (κ2) is 8.53. The fourth-order valence-corrected chi connectivity index (χ4v) is 3.46. The number of anilines is 2. The number of benzene rings is 2. The number of urea groups is 1. The van der Waals surface area contributed by atoms with Crippen molar-refractivity contribution < 1.29 is 19.1 Å². The van der Waals surface area contributed by atoms with Crippen LogP contribution in [0.15, 0.2) is 48.5 Å². The van der Waals surface area contributed by atoms with E-state index in [0.29, 0.717) is 32.9 Å². The minimum absolute atomic E-state index is 0.107. The number of nitrogens with zero attached hydrogens (tertiary/aromatic N) is 1. The Morgan fingerprint density at radius 3 is 2.32 bits per heavy atom. The highest BCUT2D eigenvalue weighted by molar-refractivity contribution is 7.18. The molecule has 2 aromatic carbocycles. The van der Waals surface area contributed by atoms with Crippen LogP contribution in [0, 0.1) is 0 Å². The first-order chi connectivity index (χ1) is 13.5. The van der Waals surface area contributed by atoms with E-state index in [0.717, 1.165) is 16.9 Å². The molecule has 0 radical (unpaired) electrons.